The van der Waals surface area contributed by atoms with Crippen LogP contribution in [0.1, 0.15) is 16.8 Å². The zero-order valence-electron chi connectivity index (χ0n) is 18.0. The number of hydrogen-bond donors (Lipinski definition) is 2. The molecule has 0 aliphatic carbocycles. The van der Waals surface area contributed by atoms with Gasteiger partial charge in [0, 0.05) is 12.2 Å². The maximum Gasteiger partial charge on any atom is 0.262 e. The minimum Gasteiger partial charge on any atom is -0.483 e. The van der Waals surface area contributed by atoms with Crippen molar-refractivity contribution in [2.45, 2.75) is 6.42 Å². The molecule has 4 rings (SSSR count). The van der Waals surface area contributed by atoms with Gasteiger partial charge in [0.05, 0.1) is 22.7 Å². The van der Waals surface area contributed by atoms with Crippen LogP contribution in [0.5, 0.6) is 5.75 Å². The second-order valence-electron chi connectivity index (χ2n) is 7.56. The fraction of sp³-hybridized carbons (Fsp3) is 0.167. The van der Waals surface area contributed by atoms with Crippen molar-refractivity contribution in [1.29, 1.82) is 0 Å². The molecule has 2 N–H and O–H groups in total. The van der Waals surface area contributed by atoms with Crippen molar-refractivity contribution in [3.8, 4) is 5.75 Å². The first-order valence-electron chi connectivity index (χ1n) is 10.5. The fourth-order valence-electron chi connectivity index (χ4n) is 3.51. The van der Waals surface area contributed by atoms with Crippen LogP contribution in [0.15, 0.2) is 72.8 Å². The first kappa shape index (κ1) is 23.2. The van der Waals surface area contributed by atoms with Crippen LogP contribution >= 0.6 is 0 Å². The topological polar surface area (TPSA) is 105 Å². The van der Waals surface area contributed by atoms with E-state index in [1.807, 2.05) is 0 Å². The van der Waals surface area contributed by atoms with E-state index in [1.54, 1.807) is 54.6 Å². The standard InChI is InChI=1S/C24H22FN3O5S/c25-20-7-2-3-8-21(20)27-23(29)16-33-22-9-4-1-6-19(22)24(30)26-17-10-12-18(13-11-17)28-14-5-15-34(28,31)32/h1-4,6-13H,5,14-16H2,(H,26,30)(H,27,29). The van der Waals surface area contributed by atoms with Crippen molar-refractivity contribution < 1.29 is 27.1 Å². The largest absolute Gasteiger partial charge is 0.483 e. The number of hydrogen-bond acceptors (Lipinski definition) is 5. The molecule has 3 aromatic carbocycles. The molecular formula is C24H22FN3O5S. The molecular weight excluding hydrogens is 461 g/mol. The van der Waals surface area contributed by atoms with Gasteiger partial charge in [-0.05, 0) is 55.0 Å². The zero-order chi connectivity index (χ0) is 24.1. The quantitative estimate of drug-likeness (QED) is 0.534. The first-order valence-corrected chi connectivity index (χ1v) is 12.1. The molecule has 8 nitrogen and oxygen atoms in total. The Hall–Kier alpha value is -3.92. The molecule has 3 aromatic rings. The second kappa shape index (κ2) is 9.92. The lowest BCUT2D eigenvalue weighted by molar-refractivity contribution is -0.118. The maximum absolute atomic E-state index is 13.7. The lowest BCUT2D eigenvalue weighted by Gasteiger charge is -2.17. The van der Waals surface area contributed by atoms with Gasteiger partial charge in [0.25, 0.3) is 11.8 Å². The zero-order valence-corrected chi connectivity index (χ0v) is 18.8. The Morgan fingerprint density at radius 3 is 2.35 bits per heavy atom. The lowest BCUT2D eigenvalue weighted by Crippen LogP contribution is -2.25. The van der Waals surface area contributed by atoms with Crippen LogP contribution in [0.3, 0.4) is 0 Å². The van der Waals surface area contributed by atoms with Crippen LogP contribution in [-0.2, 0) is 14.8 Å². The molecule has 1 aliphatic heterocycles. The highest BCUT2D eigenvalue weighted by Crippen LogP contribution is 2.26. The molecule has 1 saturated heterocycles. The van der Waals surface area contributed by atoms with Gasteiger partial charge in [-0.25, -0.2) is 12.8 Å². The molecule has 176 valence electrons. The molecule has 10 heteroatoms. The molecule has 0 aromatic heterocycles. The van der Waals surface area contributed by atoms with E-state index in [-0.39, 0.29) is 22.8 Å². The molecule has 0 saturated carbocycles. The third-order valence-corrected chi connectivity index (χ3v) is 7.02. The summed E-state index contributed by atoms with van der Waals surface area (Å²) in [6.07, 6.45) is 0.579. The summed E-state index contributed by atoms with van der Waals surface area (Å²) in [5.41, 5.74) is 1.25. The van der Waals surface area contributed by atoms with Crippen LogP contribution in [0.25, 0.3) is 0 Å². The first-order chi connectivity index (χ1) is 16.3. The van der Waals surface area contributed by atoms with Gasteiger partial charge >= 0.3 is 0 Å². The van der Waals surface area contributed by atoms with E-state index in [4.69, 9.17) is 4.74 Å². The van der Waals surface area contributed by atoms with E-state index < -0.39 is 34.3 Å². The van der Waals surface area contributed by atoms with Crippen LogP contribution in [0.2, 0.25) is 0 Å². The molecule has 34 heavy (non-hydrogen) atoms. The molecule has 0 unspecified atom stereocenters. The van der Waals surface area contributed by atoms with Crippen molar-refractivity contribution in [2.24, 2.45) is 0 Å². The Labute approximate surface area is 196 Å². The van der Waals surface area contributed by atoms with Gasteiger partial charge in [0.2, 0.25) is 10.0 Å². The number of halogens is 1. The molecule has 2 amide bonds. The maximum atomic E-state index is 13.7. The highest BCUT2D eigenvalue weighted by atomic mass is 32.2. The molecule has 1 fully saturated rings. The molecule has 1 aliphatic rings. The smallest absolute Gasteiger partial charge is 0.262 e. The average molecular weight is 484 g/mol. The van der Waals surface area contributed by atoms with E-state index in [9.17, 15) is 22.4 Å². The van der Waals surface area contributed by atoms with Crippen LogP contribution in [0, 0.1) is 5.82 Å². The van der Waals surface area contributed by atoms with Crippen molar-refractivity contribution in [3.05, 3.63) is 84.2 Å². The van der Waals surface area contributed by atoms with E-state index in [0.29, 0.717) is 24.3 Å². The van der Waals surface area contributed by atoms with Gasteiger partial charge in [-0.2, -0.15) is 0 Å². The predicted octanol–water partition coefficient (Wildman–Crippen LogP) is 3.64. The third-order valence-electron chi connectivity index (χ3n) is 5.15. The predicted molar refractivity (Wildman–Crippen MR) is 127 cm³/mol. The monoisotopic (exact) mass is 483 g/mol. The normalized spacial score (nSPS) is 14.4. The number of nitrogens with one attached hydrogen (secondary N) is 2. The van der Waals surface area contributed by atoms with E-state index in [1.165, 1.54) is 22.5 Å². The summed E-state index contributed by atoms with van der Waals surface area (Å²) in [4.78, 5) is 25.0. The fourth-order valence-corrected chi connectivity index (χ4v) is 5.08. The van der Waals surface area contributed by atoms with E-state index in [2.05, 4.69) is 10.6 Å². The lowest BCUT2D eigenvalue weighted by atomic mass is 10.1. The highest BCUT2D eigenvalue weighted by Gasteiger charge is 2.28. The van der Waals surface area contributed by atoms with Gasteiger partial charge in [-0.15, -0.1) is 0 Å². The molecule has 0 spiro atoms. The summed E-state index contributed by atoms with van der Waals surface area (Å²) in [5, 5.41) is 5.15. The minimum absolute atomic E-state index is 0.0345. The second-order valence-corrected chi connectivity index (χ2v) is 9.57. The molecule has 0 radical (unpaired) electrons. The summed E-state index contributed by atoms with van der Waals surface area (Å²) in [6, 6.07) is 18.7. The van der Waals surface area contributed by atoms with Crippen LogP contribution in [0.4, 0.5) is 21.5 Å². The van der Waals surface area contributed by atoms with Crippen LogP contribution < -0.4 is 19.7 Å². The van der Waals surface area contributed by atoms with E-state index >= 15 is 0 Å². The molecule has 0 bridgehead atoms. The summed E-state index contributed by atoms with van der Waals surface area (Å²) in [7, 11) is -3.28. The SMILES string of the molecule is O=C(COc1ccccc1C(=O)Nc1ccc(N2CCCS2(=O)=O)cc1)Nc1ccccc1F. The summed E-state index contributed by atoms with van der Waals surface area (Å²) in [5.74, 6) is -1.30. The summed E-state index contributed by atoms with van der Waals surface area (Å²) >= 11 is 0. The summed E-state index contributed by atoms with van der Waals surface area (Å²) < 4.78 is 44.7. The van der Waals surface area contributed by atoms with Crippen molar-refractivity contribution >= 4 is 38.9 Å². The summed E-state index contributed by atoms with van der Waals surface area (Å²) in [6.45, 7) is 0.0148. The van der Waals surface area contributed by atoms with Crippen molar-refractivity contribution in [2.75, 3.05) is 33.8 Å². The number of amides is 2. The number of benzene rings is 3. The molecule has 0 atom stereocenters. The third kappa shape index (κ3) is 5.34. The van der Waals surface area contributed by atoms with Gasteiger partial charge in [-0.1, -0.05) is 24.3 Å². The average Bonchev–Trinajstić information content (AvgIpc) is 3.19. The number of carbonyl (C=O) groups excluding carboxylic acids is 2. The number of rotatable bonds is 7. The number of carbonyl (C=O) groups is 2. The number of anilines is 3. The Morgan fingerprint density at radius 1 is 0.941 bits per heavy atom. The van der Waals surface area contributed by atoms with E-state index in [0.717, 1.165) is 0 Å². The Kier molecular flexibility index (Phi) is 6.78. The minimum atomic E-state index is -3.28. The number of nitrogens with zero attached hydrogens (tertiary/aromatic N) is 1. The van der Waals surface area contributed by atoms with Gasteiger partial charge in [0.15, 0.2) is 6.61 Å². The number of para-hydroxylation sites is 2. The number of sulfonamides is 1. The Balaban J connectivity index is 1.39. The van der Waals surface area contributed by atoms with Crippen LogP contribution in [-0.4, -0.2) is 39.1 Å². The Bertz CT molecular complexity index is 1310. The van der Waals surface area contributed by atoms with Crippen molar-refractivity contribution in [3.63, 3.8) is 0 Å². The van der Waals surface area contributed by atoms with Gasteiger partial charge in [-0.3, -0.25) is 13.9 Å². The van der Waals surface area contributed by atoms with Gasteiger partial charge in [0.1, 0.15) is 11.6 Å². The highest BCUT2D eigenvalue weighted by molar-refractivity contribution is 7.93. The van der Waals surface area contributed by atoms with Crippen molar-refractivity contribution in [1.82, 2.24) is 0 Å². The van der Waals surface area contributed by atoms with Gasteiger partial charge < -0.3 is 15.4 Å². The Morgan fingerprint density at radius 2 is 1.65 bits per heavy atom. The number of ether oxygens (including phenoxy) is 1. The molecule has 1 heterocycles.